The number of phenolic OH excluding ortho intramolecular Hbond substituents is 1. The molecule has 7 nitrogen and oxygen atoms in total. The van der Waals surface area contributed by atoms with E-state index in [0.717, 1.165) is 10.4 Å². The Morgan fingerprint density at radius 2 is 1.93 bits per heavy atom. The molecule has 0 aliphatic carbocycles. The van der Waals surface area contributed by atoms with Gasteiger partial charge in [-0.3, -0.25) is 4.79 Å². The summed E-state index contributed by atoms with van der Waals surface area (Å²) in [4.78, 5) is 21.2. The van der Waals surface area contributed by atoms with Crippen LogP contribution >= 0.6 is 11.3 Å². The first kappa shape index (κ1) is 18.5. The molecule has 0 saturated heterocycles. The largest absolute Gasteiger partial charge is 0.502 e. The van der Waals surface area contributed by atoms with Gasteiger partial charge in [-0.1, -0.05) is 0 Å². The Kier molecular flexibility index (Phi) is 4.88. The normalized spacial score (nSPS) is 11.4. The number of benzene rings is 1. The molecule has 0 unspecified atom stereocenters. The molecule has 0 atom stereocenters. The number of nitrogens with zero attached hydrogens (tertiary/aromatic N) is 2. The van der Waals surface area contributed by atoms with Crippen LogP contribution in [0.4, 0.5) is 0 Å². The fourth-order valence-electron chi connectivity index (χ4n) is 2.70. The number of hydrogen-bond acceptors (Lipinski definition) is 7. The van der Waals surface area contributed by atoms with E-state index in [1.807, 2.05) is 13.8 Å². The van der Waals surface area contributed by atoms with E-state index >= 15 is 0 Å². The second-order valence-corrected chi connectivity index (χ2v) is 7.02. The fourth-order valence-corrected chi connectivity index (χ4v) is 3.73. The number of thiophene rings is 1. The molecule has 138 valence electrons. The van der Waals surface area contributed by atoms with Crippen LogP contribution in [0.5, 0.6) is 17.2 Å². The minimum absolute atomic E-state index is 0.131. The number of aromatic amines is 1. The summed E-state index contributed by atoms with van der Waals surface area (Å²) in [6.07, 6.45) is 1.54. The average molecular weight is 383 g/mol. The standard InChI is InChI=1S/C19H17N3O4S/c1-9-10(2)27-19-15(9)18(24)21-17(22-19)12(8-20)5-11-6-13(25-3)16(23)14(7-11)26-4/h5-7,23H,1-4H3,(H,21,22,24)/b12-5+. The third-order valence-corrected chi connectivity index (χ3v) is 5.33. The lowest BCUT2D eigenvalue weighted by Gasteiger charge is -2.09. The highest BCUT2D eigenvalue weighted by Crippen LogP contribution is 2.38. The third kappa shape index (κ3) is 3.25. The van der Waals surface area contributed by atoms with Crippen molar-refractivity contribution >= 4 is 33.2 Å². The zero-order chi connectivity index (χ0) is 19.7. The quantitative estimate of drug-likeness (QED) is 0.669. The predicted molar refractivity (Wildman–Crippen MR) is 104 cm³/mol. The molecule has 0 aliphatic heterocycles. The number of methoxy groups -OCH3 is 2. The zero-order valence-corrected chi connectivity index (χ0v) is 16.0. The van der Waals surface area contributed by atoms with Gasteiger partial charge >= 0.3 is 0 Å². The van der Waals surface area contributed by atoms with Gasteiger partial charge in [-0.25, -0.2) is 4.98 Å². The molecule has 0 aliphatic rings. The molecule has 0 saturated carbocycles. The van der Waals surface area contributed by atoms with Crippen molar-refractivity contribution in [1.82, 2.24) is 9.97 Å². The molecule has 0 bridgehead atoms. The van der Waals surface area contributed by atoms with Crippen LogP contribution < -0.4 is 15.0 Å². The highest BCUT2D eigenvalue weighted by molar-refractivity contribution is 7.18. The van der Waals surface area contributed by atoms with E-state index < -0.39 is 0 Å². The van der Waals surface area contributed by atoms with Crippen molar-refractivity contribution in [2.75, 3.05) is 14.2 Å². The van der Waals surface area contributed by atoms with Crippen LogP contribution in [0.25, 0.3) is 21.9 Å². The molecular formula is C19H17N3O4S. The molecule has 0 radical (unpaired) electrons. The number of H-pyrrole nitrogens is 1. The first-order chi connectivity index (χ1) is 12.9. The first-order valence-electron chi connectivity index (χ1n) is 7.96. The summed E-state index contributed by atoms with van der Waals surface area (Å²) in [5, 5.41) is 20.1. The summed E-state index contributed by atoms with van der Waals surface area (Å²) in [6, 6.07) is 5.18. The van der Waals surface area contributed by atoms with Crippen molar-refractivity contribution in [1.29, 1.82) is 5.26 Å². The van der Waals surface area contributed by atoms with Gasteiger partial charge in [-0.15, -0.1) is 11.3 Å². The number of nitriles is 1. The maximum Gasteiger partial charge on any atom is 0.260 e. The summed E-state index contributed by atoms with van der Waals surface area (Å²) < 4.78 is 10.3. The average Bonchev–Trinajstić information content (AvgIpc) is 2.94. The molecule has 27 heavy (non-hydrogen) atoms. The van der Waals surface area contributed by atoms with Gasteiger partial charge in [0.25, 0.3) is 5.56 Å². The zero-order valence-electron chi connectivity index (χ0n) is 15.2. The van der Waals surface area contributed by atoms with Gasteiger partial charge in [0, 0.05) is 4.88 Å². The summed E-state index contributed by atoms with van der Waals surface area (Å²) in [6.45, 7) is 3.80. The Morgan fingerprint density at radius 3 is 2.48 bits per heavy atom. The van der Waals surface area contributed by atoms with Gasteiger partial charge < -0.3 is 19.6 Å². The second-order valence-electron chi connectivity index (χ2n) is 5.82. The van der Waals surface area contributed by atoms with Crippen LogP contribution in [0, 0.1) is 25.2 Å². The Hall–Kier alpha value is -3.31. The Morgan fingerprint density at radius 1 is 1.30 bits per heavy atom. The van der Waals surface area contributed by atoms with Gasteiger partial charge in [-0.2, -0.15) is 5.26 Å². The number of nitrogens with one attached hydrogen (secondary N) is 1. The molecule has 2 aromatic heterocycles. The number of ether oxygens (including phenoxy) is 2. The molecule has 0 amide bonds. The molecule has 8 heteroatoms. The van der Waals surface area contributed by atoms with Gasteiger partial charge in [0.2, 0.25) is 5.75 Å². The van der Waals surface area contributed by atoms with Gasteiger partial charge in [-0.05, 0) is 43.2 Å². The Balaban J connectivity index is 2.17. The van der Waals surface area contributed by atoms with E-state index in [1.165, 1.54) is 25.6 Å². The first-order valence-corrected chi connectivity index (χ1v) is 8.78. The topological polar surface area (TPSA) is 108 Å². The SMILES string of the molecule is COc1cc(/C=C(\C#N)c2nc3sc(C)c(C)c3c(=O)[nH]2)cc(OC)c1O. The van der Waals surface area contributed by atoms with Crippen molar-refractivity contribution in [2.45, 2.75) is 13.8 Å². The Labute approximate surface area is 159 Å². The van der Waals surface area contributed by atoms with E-state index in [2.05, 4.69) is 16.0 Å². The molecule has 3 rings (SSSR count). The van der Waals surface area contributed by atoms with Crippen LogP contribution in [-0.2, 0) is 0 Å². The van der Waals surface area contributed by atoms with Crippen molar-refractivity contribution in [3.63, 3.8) is 0 Å². The highest BCUT2D eigenvalue weighted by atomic mass is 32.1. The maximum absolute atomic E-state index is 12.5. The fraction of sp³-hybridized carbons (Fsp3) is 0.211. The van der Waals surface area contributed by atoms with E-state index in [1.54, 1.807) is 18.2 Å². The van der Waals surface area contributed by atoms with Crippen molar-refractivity contribution in [2.24, 2.45) is 0 Å². The van der Waals surface area contributed by atoms with Crippen molar-refractivity contribution in [3.8, 4) is 23.3 Å². The van der Waals surface area contributed by atoms with Gasteiger partial charge in [0.05, 0.1) is 25.2 Å². The summed E-state index contributed by atoms with van der Waals surface area (Å²) >= 11 is 1.41. The number of phenols is 1. The lowest BCUT2D eigenvalue weighted by atomic mass is 10.1. The number of aryl methyl sites for hydroxylation is 2. The smallest absolute Gasteiger partial charge is 0.260 e. The van der Waals surface area contributed by atoms with Gasteiger partial charge in [0.15, 0.2) is 17.3 Å². The maximum atomic E-state index is 12.5. The lowest BCUT2D eigenvalue weighted by molar-refractivity contribution is 0.340. The number of aromatic nitrogens is 2. The molecular weight excluding hydrogens is 366 g/mol. The van der Waals surface area contributed by atoms with Crippen LogP contribution in [0.3, 0.4) is 0 Å². The van der Waals surface area contributed by atoms with Crippen LogP contribution in [0.2, 0.25) is 0 Å². The third-order valence-electron chi connectivity index (χ3n) is 4.23. The van der Waals surface area contributed by atoms with Crippen LogP contribution in [0.1, 0.15) is 21.8 Å². The van der Waals surface area contributed by atoms with E-state index in [9.17, 15) is 15.2 Å². The molecule has 0 fully saturated rings. The second kappa shape index (κ2) is 7.13. The van der Waals surface area contributed by atoms with Crippen molar-refractivity contribution in [3.05, 3.63) is 44.3 Å². The summed E-state index contributed by atoms with van der Waals surface area (Å²) in [5.41, 5.74) is 1.34. The number of hydrogen-bond donors (Lipinski definition) is 2. The minimum atomic E-state index is -0.279. The Bertz CT molecular complexity index is 1140. The molecule has 2 N–H and O–H groups in total. The number of allylic oxidation sites excluding steroid dienone is 1. The van der Waals surface area contributed by atoms with E-state index in [-0.39, 0.29) is 34.2 Å². The predicted octanol–water partition coefficient (Wildman–Crippen LogP) is 3.39. The van der Waals surface area contributed by atoms with Crippen LogP contribution in [-0.4, -0.2) is 29.3 Å². The van der Waals surface area contributed by atoms with Crippen LogP contribution in [0.15, 0.2) is 16.9 Å². The number of fused-ring (bicyclic) bond motifs is 1. The monoisotopic (exact) mass is 383 g/mol. The van der Waals surface area contributed by atoms with E-state index in [0.29, 0.717) is 15.8 Å². The van der Waals surface area contributed by atoms with E-state index in [4.69, 9.17) is 9.47 Å². The molecule has 0 spiro atoms. The number of rotatable bonds is 4. The number of aromatic hydroxyl groups is 1. The lowest BCUT2D eigenvalue weighted by Crippen LogP contribution is -2.10. The molecule has 1 aromatic carbocycles. The summed E-state index contributed by atoms with van der Waals surface area (Å²) in [5.74, 6) is 0.467. The summed E-state index contributed by atoms with van der Waals surface area (Å²) in [7, 11) is 2.84. The van der Waals surface area contributed by atoms with Crippen molar-refractivity contribution < 1.29 is 14.6 Å². The highest BCUT2D eigenvalue weighted by Gasteiger charge is 2.15. The van der Waals surface area contributed by atoms with Gasteiger partial charge in [0.1, 0.15) is 10.9 Å². The minimum Gasteiger partial charge on any atom is -0.502 e. The molecule has 2 heterocycles. The molecule has 3 aromatic rings.